The Bertz CT molecular complexity index is 714. The Morgan fingerprint density at radius 1 is 1.08 bits per heavy atom. The van der Waals surface area contributed by atoms with E-state index in [9.17, 15) is 8.78 Å². The minimum atomic E-state index is -0.833. The Kier molecular flexibility index (Phi) is 11.6. The molecule has 0 aliphatic heterocycles. The summed E-state index contributed by atoms with van der Waals surface area (Å²) in [7, 11) is 0. The van der Waals surface area contributed by atoms with Gasteiger partial charge in [-0.25, -0.2) is 0 Å². The minimum Gasteiger partial charge on any atom is -0.481 e. The predicted octanol–water partition coefficient (Wildman–Crippen LogP) is 4.00. The molecule has 0 spiro atoms. The summed E-state index contributed by atoms with van der Waals surface area (Å²) in [5.41, 5.74) is 0.636. The second-order valence-electron chi connectivity index (χ2n) is 4.30. The summed E-state index contributed by atoms with van der Waals surface area (Å²) in [5, 5.41) is 7.42. The number of nitrogens with zero attached hydrogens (tertiary/aromatic N) is 2. The van der Waals surface area contributed by atoms with E-state index in [2.05, 4.69) is 16.0 Å². The molecule has 0 saturated carbocycles. The number of carboxylic acids is 1. The van der Waals surface area contributed by atoms with Crippen molar-refractivity contribution in [2.24, 2.45) is 0 Å². The van der Waals surface area contributed by atoms with Gasteiger partial charge < -0.3 is 10.1 Å². The Hall–Kier alpha value is -2.50. The van der Waals surface area contributed by atoms with Crippen molar-refractivity contribution in [3.05, 3.63) is 84.8 Å². The maximum absolute atomic E-state index is 13.2. The third kappa shape index (κ3) is 10.1. The van der Waals surface area contributed by atoms with E-state index < -0.39 is 17.6 Å². The van der Waals surface area contributed by atoms with Gasteiger partial charge in [-0.05, 0) is 23.9 Å². The smallest absolute Gasteiger partial charge is 0.300 e. The average Bonchev–Trinajstić information content (AvgIpc) is 2.57. The molecule has 0 amide bonds. The standard InChI is InChI=1S/C11H6F2N.C5H5N.C2H4O2.Ir/c12-8-4-5-9(10(13)7-8)11-3-1-2-6-14-11;1-2-4-6-5-3-1;1-2(3)4;/h1-4,6-7H;1-5H;1H3,(H,3,4);/q-1;;;. The fourth-order valence-electron chi connectivity index (χ4n) is 1.46. The summed E-state index contributed by atoms with van der Waals surface area (Å²) in [6, 6.07) is 15.2. The van der Waals surface area contributed by atoms with Gasteiger partial charge in [-0.3, -0.25) is 18.6 Å². The molecule has 0 fully saturated rings. The van der Waals surface area contributed by atoms with Crippen LogP contribution in [-0.2, 0) is 24.9 Å². The van der Waals surface area contributed by atoms with Crippen molar-refractivity contribution in [3.63, 3.8) is 0 Å². The summed E-state index contributed by atoms with van der Waals surface area (Å²) in [6.07, 6.45) is 5.05. The summed E-state index contributed by atoms with van der Waals surface area (Å²) in [6.45, 7) is 1.08. The molecule has 0 aliphatic carbocycles. The summed E-state index contributed by atoms with van der Waals surface area (Å²) < 4.78 is 25.8. The largest absolute Gasteiger partial charge is 0.481 e. The molecular weight excluding hydrogens is 506 g/mol. The Morgan fingerprint density at radius 2 is 1.68 bits per heavy atom. The summed E-state index contributed by atoms with van der Waals surface area (Å²) >= 11 is 0. The maximum Gasteiger partial charge on any atom is 0.300 e. The molecule has 1 N–H and O–H groups in total. The zero-order valence-corrected chi connectivity index (χ0v) is 15.6. The van der Waals surface area contributed by atoms with E-state index in [4.69, 9.17) is 9.90 Å². The average molecular weight is 522 g/mol. The van der Waals surface area contributed by atoms with Gasteiger partial charge in [0.15, 0.2) is 0 Å². The van der Waals surface area contributed by atoms with Crippen molar-refractivity contribution in [1.82, 2.24) is 9.97 Å². The number of pyridine rings is 2. The number of carboxylic acid groups (broad SMARTS) is 1. The van der Waals surface area contributed by atoms with E-state index in [1.807, 2.05) is 18.2 Å². The molecule has 2 aromatic heterocycles. The Labute approximate surface area is 157 Å². The first-order valence-electron chi connectivity index (χ1n) is 6.83. The topological polar surface area (TPSA) is 63.1 Å². The predicted molar refractivity (Wildman–Crippen MR) is 86.0 cm³/mol. The molecule has 3 rings (SSSR count). The molecule has 1 aromatic carbocycles. The molecule has 0 atom stereocenters. The van der Waals surface area contributed by atoms with Crippen LogP contribution in [0.25, 0.3) is 11.3 Å². The molecule has 2 heterocycles. The van der Waals surface area contributed by atoms with Gasteiger partial charge in [0.05, 0.1) is 0 Å². The van der Waals surface area contributed by atoms with Gasteiger partial charge in [0.2, 0.25) is 0 Å². The van der Waals surface area contributed by atoms with Gasteiger partial charge in [-0.2, -0.15) is 0 Å². The van der Waals surface area contributed by atoms with Gasteiger partial charge in [-0.15, -0.1) is 12.1 Å². The second-order valence-corrected chi connectivity index (χ2v) is 4.30. The van der Waals surface area contributed by atoms with Gasteiger partial charge >= 0.3 is 0 Å². The molecule has 1 radical (unpaired) electrons. The summed E-state index contributed by atoms with van der Waals surface area (Å²) in [5.74, 6) is -2.12. The molecule has 0 unspecified atom stereocenters. The minimum absolute atomic E-state index is 0. The van der Waals surface area contributed by atoms with Crippen LogP contribution in [0.4, 0.5) is 8.78 Å². The zero-order chi connectivity index (χ0) is 17.8. The number of aliphatic carboxylic acids is 1. The molecule has 3 aromatic rings. The van der Waals surface area contributed by atoms with Crippen LogP contribution >= 0.6 is 0 Å². The van der Waals surface area contributed by atoms with Crippen molar-refractivity contribution in [3.8, 4) is 11.3 Å². The SMILES string of the molecule is CC(=O)O.Fc1c[c-]c(-c2ccccn2)c(F)c1.[Ir].c1ccncc1. The van der Waals surface area contributed by atoms with E-state index in [1.165, 1.54) is 0 Å². The Balaban J connectivity index is 0.000000437. The maximum atomic E-state index is 13.2. The van der Waals surface area contributed by atoms with Crippen LogP contribution < -0.4 is 0 Å². The number of hydrogen-bond acceptors (Lipinski definition) is 3. The molecule has 0 saturated heterocycles. The van der Waals surface area contributed by atoms with E-state index in [-0.39, 0.29) is 25.7 Å². The van der Waals surface area contributed by atoms with Crippen LogP contribution in [0.5, 0.6) is 0 Å². The normalized spacial score (nSPS) is 8.60. The van der Waals surface area contributed by atoms with Crippen LogP contribution in [0.1, 0.15) is 6.92 Å². The Morgan fingerprint density at radius 3 is 2.08 bits per heavy atom. The number of rotatable bonds is 1. The third-order valence-corrected chi connectivity index (χ3v) is 2.35. The molecule has 25 heavy (non-hydrogen) atoms. The van der Waals surface area contributed by atoms with Crippen molar-refractivity contribution in [1.29, 1.82) is 0 Å². The number of hydrogen-bond donors (Lipinski definition) is 1. The quantitative estimate of drug-likeness (QED) is 0.492. The van der Waals surface area contributed by atoms with Crippen LogP contribution in [-0.4, -0.2) is 21.0 Å². The number of aromatic nitrogens is 2. The fraction of sp³-hybridized carbons (Fsp3) is 0.0556. The number of benzene rings is 1. The molecule has 4 nitrogen and oxygen atoms in total. The fourth-order valence-corrected chi connectivity index (χ4v) is 1.46. The molecular formula is C18H15F2IrN2O2-. The van der Waals surface area contributed by atoms with Crippen molar-refractivity contribution >= 4 is 5.97 Å². The first-order chi connectivity index (χ1) is 11.5. The van der Waals surface area contributed by atoms with Gasteiger partial charge in [0.25, 0.3) is 5.97 Å². The van der Waals surface area contributed by atoms with Crippen LogP contribution in [0.2, 0.25) is 0 Å². The monoisotopic (exact) mass is 522 g/mol. The van der Waals surface area contributed by atoms with Crippen LogP contribution in [0.15, 0.2) is 67.1 Å². The van der Waals surface area contributed by atoms with Crippen LogP contribution in [0.3, 0.4) is 0 Å². The van der Waals surface area contributed by atoms with Crippen LogP contribution in [0, 0.1) is 17.7 Å². The van der Waals surface area contributed by atoms with Gasteiger partial charge in [0.1, 0.15) is 0 Å². The van der Waals surface area contributed by atoms with E-state index >= 15 is 0 Å². The van der Waals surface area contributed by atoms with E-state index in [1.54, 1.807) is 36.8 Å². The summed E-state index contributed by atoms with van der Waals surface area (Å²) in [4.78, 5) is 16.7. The van der Waals surface area contributed by atoms with E-state index in [0.717, 1.165) is 19.1 Å². The molecule has 0 bridgehead atoms. The zero-order valence-electron chi connectivity index (χ0n) is 13.2. The third-order valence-electron chi connectivity index (χ3n) is 2.35. The van der Waals surface area contributed by atoms with Crippen molar-refractivity contribution < 1.29 is 38.8 Å². The van der Waals surface area contributed by atoms with Crippen molar-refractivity contribution in [2.45, 2.75) is 6.92 Å². The molecule has 0 aliphatic rings. The van der Waals surface area contributed by atoms with Crippen molar-refractivity contribution in [2.75, 3.05) is 0 Å². The first kappa shape index (κ1) is 22.5. The number of halogens is 2. The van der Waals surface area contributed by atoms with Gasteiger partial charge in [0, 0.05) is 57.3 Å². The molecule has 133 valence electrons. The number of carbonyl (C=O) groups is 1. The first-order valence-corrected chi connectivity index (χ1v) is 6.83. The molecule has 7 heteroatoms. The second kappa shape index (κ2) is 12.9. The van der Waals surface area contributed by atoms with Gasteiger partial charge in [-0.1, -0.05) is 29.8 Å². The van der Waals surface area contributed by atoms with E-state index in [0.29, 0.717) is 5.69 Å².